The summed E-state index contributed by atoms with van der Waals surface area (Å²) in [7, 11) is 1.63. The number of nitrogens with one attached hydrogen (secondary N) is 1. The maximum atomic E-state index is 9.11. The van der Waals surface area contributed by atoms with E-state index in [-0.39, 0.29) is 12.6 Å². The summed E-state index contributed by atoms with van der Waals surface area (Å²) in [6, 6.07) is -0.150. The minimum Gasteiger partial charge on any atom is -0.394 e. The van der Waals surface area contributed by atoms with Crippen LogP contribution in [0.15, 0.2) is 6.20 Å². The van der Waals surface area contributed by atoms with Crippen LogP contribution in [-0.2, 0) is 4.74 Å². The summed E-state index contributed by atoms with van der Waals surface area (Å²) >= 11 is 7.11. The average Bonchev–Trinajstić information content (AvgIpc) is 2.60. The highest BCUT2D eigenvalue weighted by atomic mass is 35.5. The van der Waals surface area contributed by atoms with Gasteiger partial charge in [0.05, 0.1) is 25.5 Å². The first kappa shape index (κ1) is 11.9. The van der Waals surface area contributed by atoms with E-state index in [9.17, 15) is 0 Å². The summed E-state index contributed by atoms with van der Waals surface area (Å²) < 4.78 is 5.52. The topological polar surface area (TPSA) is 54.4 Å². The Hall–Kier alpha value is -0.200. The van der Waals surface area contributed by atoms with Gasteiger partial charge in [-0.25, -0.2) is 4.98 Å². The van der Waals surface area contributed by atoms with Gasteiger partial charge >= 0.3 is 0 Å². The van der Waals surface area contributed by atoms with Gasteiger partial charge in [0.1, 0.15) is 9.34 Å². The monoisotopic (exact) mass is 236 g/mol. The molecule has 0 aliphatic rings. The SMILES string of the molecule is COCCNC(CO)c1ncc(Cl)s1. The second-order valence-electron chi connectivity index (χ2n) is 2.68. The largest absolute Gasteiger partial charge is 0.394 e. The van der Waals surface area contributed by atoms with Crippen molar-refractivity contribution in [3.63, 3.8) is 0 Å². The van der Waals surface area contributed by atoms with Gasteiger partial charge in [-0.05, 0) is 0 Å². The van der Waals surface area contributed by atoms with Crippen molar-refractivity contribution in [2.24, 2.45) is 0 Å². The van der Waals surface area contributed by atoms with Gasteiger partial charge in [0, 0.05) is 13.7 Å². The van der Waals surface area contributed by atoms with E-state index in [1.54, 1.807) is 13.3 Å². The number of aliphatic hydroxyl groups is 1. The third-order valence-electron chi connectivity index (χ3n) is 1.67. The summed E-state index contributed by atoms with van der Waals surface area (Å²) in [5, 5.41) is 13.0. The molecule has 1 aromatic heterocycles. The lowest BCUT2D eigenvalue weighted by atomic mass is 10.3. The molecule has 0 spiro atoms. The average molecular weight is 237 g/mol. The van der Waals surface area contributed by atoms with Crippen LogP contribution in [0.25, 0.3) is 0 Å². The molecule has 0 fully saturated rings. The van der Waals surface area contributed by atoms with Crippen LogP contribution in [-0.4, -0.2) is 37.0 Å². The minimum absolute atomic E-state index is 0.00750. The van der Waals surface area contributed by atoms with Gasteiger partial charge in [0.15, 0.2) is 0 Å². The number of hydrogen-bond donors (Lipinski definition) is 2. The van der Waals surface area contributed by atoms with E-state index in [4.69, 9.17) is 21.4 Å². The van der Waals surface area contributed by atoms with Crippen molar-refractivity contribution in [3.8, 4) is 0 Å². The van der Waals surface area contributed by atoms with Crippen molar-refractivity contribution in [3.05, 3.63) is 15.5 Å². The molecule has 1 heterocycles. The normalized spacial score (nSPS) is 13.1. The molecule has 6 heteroatoms. The molecule has 1 rings (SSSR count). The lowest BCUT2D eigenvalue weighted by molar-refractivity contribution is 0.184. The van der Waals surface area contributed by atoms with Gasteiger partial charge in [0.25, 0.3) is 0 Å². The Kier molecular flexibility index (Phi) is 5.36. The molecule has 0 radical (unpaired) electrons. The molecule has 1 aromatic rings. The van der Waals surface area contributed by atoms with Crippen molar-refractivity contribution >= 4 is 22.9 Å². The molecule has 1 atom stereocenters. The van der Waals surface area contributed by atoms with E-state index in [0.29, 0.717) is 17.5 Å². The predicted octanol–water partition coefficient (Wildman–Crippen LogP) is 1.07. The summed E-state index contributed by atoms with van der Waals surface area (Å²) in [5.74, 6) is 0. The van der Waals surface area contributed by atoms with Crippen molar-refractivity contribution < 1.29 is 9.84 Å². The zero-order valence-electron chi connectivity index (χ0n) is 7.86. The lowest BCUT2D eigenvalue weighted by Crippen LogP contribution is -2.27. The van der Waals surface area contributed by atoms with Gasteiger partial charge in [0.2, 0.25) is 0 Å². The third-order valence-corrected chi connectivity index (χ3v) is 2.90. The number of aromatic nitrogens is 1. The number of rotatable bonds is 6. The van der Waals surface area contributed by atoms with Crippen molar-refractivity contribution in [2.45, 2.75) is 6.04 Å². The zero-order chi connectivity index (χ0) is 10.4. The number of hydrogen-bond acceptors (Lipinski definition) is 5. The van der Waals surface area contributed by atoms with Crippen LogP contribution in [0.1, 0.15) is 11.0 Å². The van der Waals surface area contributed by atoms with E-state index < -0.39 is 0 Å². The van der Waals surface area contributed by atoms with Gasteiger partial charge in [-0.1, -0.05) is 11.6 Å². The molecule has 0 saturated heterocycles. The Morgan fingerprint density at radius 3 is 3.07 bits per heavy atom. The van der Waals surface area contributed by atoms with Crippen LogP contribution in [0.3, 0.4) is 0 Å². The molecule has 4 nitrogen and oxygen atoms in total. The molecule has 0 aliphatic heterocycles. The van der Waals surface area contributed by atoms with Crippen LogP contribution < -0.4 is 5.32 Å². The van der Waals surface area contributed by atoms with Crippen LogP contribution in [0.4, 0.5) is 0 Å². The predicted molar refractivity (Wildman–Crippen MR) is 56.8 cm³/mol. The van der Waals surface area contributed by atoms with Crippen molar-refractivity contribution in [1.82, 2.24) is 10.3 Å². The molecule has 0 bridgehead atoms. The number of halogens is 1. The fourth-order valence-electron chi connectivity index (χ4n) is 0.993. The fraction of sp³-hybridized carbons (Fsp3) is 0.625. The fourth-order valence-corrected chi connectivity index (χ4v) is 1.99. The Morgan fingerprint density at radius 2 is 2.57 bits per heavy atom. The Balaban J connectivity index is 2.45. The van der Waals surface area contributed by atoms with Gasteiger partial charge in [-0.2, -0.15) is 0 Å². The molecule has 80 valence electrons. The number of ether oxygens (including phenoxy) is 1. The molecule has 2 N–H and O–H groups in total. The quantitative estimate of drug-likeness (QED) is 0.726. The number of thiazole rings is 1. The Bertz CT molecular complexity index is 270. The first-order valence-electron chi connectivity index (χ1n) is 4.22. The summed E-state index contributed by atoms with van der Waals surface area (Å²) in [5.41, 5.74) is 0. The van der Waals surface area contributed by atoms with E-state index in [1.165, 1.54) is 11.3 Å². The molecule has 0 aromatic carbocycles. The third kappa shape index (κ3) is 3.51. The van der Waals surface area contributed by atoms with Crippen molar-refractivity contribution in [1.29, 1.82) is 0 Å². The van der Waals surface area contributed by atoms with E-state index >= 15 is 0 Å². The van der Waals surface area contributed by atoms with Crippen LogP contribution in [0, 0.1) is 0 Å². The number of nitrogens with zero attached hydrogens (tertiary/aromatic N) is 1. The summed E-state index contributed by atoms with van der Waals surface area (Å²) in [4.78, 5) is 4.09. The van der Waals surface area contributed by atoms with Crippen LogP contribution in [0.5, 0.6) is 0 Å². The van der Waals surface area contributed by atoms with E-state index in [0.717, 1.165) is 5.01 Å². The van der Waals surface area contributed by atoms with Gasteiger partial charge in [-0.3, -0.25) is 0 Å². The number of methoxy groups -OCH3 is 1. The standard InChI is InChI=1S/C8H13ClN2O2S/c1-13-3-2-10-6(5-12)8-11-4-7(9)14-8/h4,6,10,12H,2-3,5H2,1H3. The van der Waals surface area contributed by atoms with Crippen molar-refractivity contribution in [2.75, 3.05) is 26.9 Å². The number of aliphatic hydroxyl groups excluding tert-OH is 1. The van der Waals surface area contributed by atoms with E-state index in [2.05, 4.69) is 10.3 Å². The molecule has 0 amide bonds. The minimum atomic E-state index is -0.150. The summed E-state index contributed by atoms with van der Waals surface area (Å²) in [6.07, 6.45) is 1.59. The first-order valence-corrected chi connectivity index (χ1v) is 5.41. The van der Waals surface area contributed by atoms with E-state index in [1.807, 2.05) is 0 Å². The van der Waals surface area contributed by atoms with Crippen LogP contribution in [0.2, 0.25) is 4.34 Å². The summed E-state index contributed by atoms with van der Waals surface area (Å²) in [6.45, 7) is 1.29. The highest BCUT2D eigenvalue weighted by Gasteiger charge is 2.13. The van der Waals surface area contributed by atoms with Gasteiger partial charge in [-0.15, -0.1) is 11.3 Å². The molecular weight excluding hydrogens is 224 g/mol. The highest BCUT2D eigenvalue weighted by Crippen LogP contribution is 2.23. The Morgan fingerprint density at radius 1 is 1.79 bits per heavy atom. The maximum absolute atomic E-state index is 9.11. The van der Waals surface area contributed by atoms with Gasteiger partial charge < -0.3 is 15.2 Å². The second-order valence-corrected chi connectivity index (χ2v) is 4.38. The highest BCUT2D eigenvalue weighted by molar-refractivity contribution is 7.15. The maximum Gasteiger partial charge on any atom is 0.113 e. The molecule has 14 heavy (non-hydrogen) atoms. The molecular formula is C8H13ClN2O2S. The second kappa shape index (κ2) is 6.31. The smallest absolute Gasteiger partial charge is 0.113 e. The first-order chi connectivity index (χ1) is 6.77. The molecule has 1 unspecified atom stereocenters. The Labute approximate surface area is 91.9 Å². The molecule has 0 aliphatic carbocycles. The molecule has 0 saturated carbocycles. The van der Waals surface area contributed by atoms with Crippen LogP contribution >= 0.6 is 22.9 Å². The lowest BCUT2D eigenvalue weighted by Gasteiger charge is -2.12. The zero-order valence-corrected chi connectivity index (χ0v) is 9.44.